The Morgan fingerprint density at radius 3 is 2.28 bits per heavy atom. The molecule has 0 atom stereocenters. The van der Waals surface area contributed by atoms with Crippen molar-refractivity contribution in [3.63, 3.8) is 0 Å². The molecule has 1 rings (SSSR count). The lowest BCUT2D eigenvalue weighted by atomic mass is 10.1. The van der Waals surface area contributed by atoms with Crippen LogP contribution in [0, 0.1) is 6.92 Å². The van der Waals surface area contributed by atoms with Crippen molar-refractivity contribution in [1.82, 2.24) is 0 Å². The van der Waals surface area contributed by atoms with Crippen molar-refractivity contribution in [2.24, 2.45) is 0 Å². The molecule has 0 aromatic heterocycles. The topological polar surface area (TPSA) is 75.4 Å². The van der Waals surface area contributed by atoms with E-state index in [1.807, 2.05) is 26.8 Å². The number of aryl methyl sites for hydroxylation is 1. The first-order valence-electron chi connectivity index (χ1n) is 5.91. The number of rotatable bonds is 5. The first-order chi connectivity index (χ1) is 8.28. The van der Waals surface area contributed by atoms with Crippen molar-refractivity contribution in [2.75, 3.05) is 34.7 Å². The maximum Gasteiger partial charge on any atom is 0.229 e. The third kappa shape index (κ3) is 3.53. The molecule has 0 saturated carbocycles. The number of benzene rings is 1. The predicted molar refractivity (Wildman–Crippen MR) is 77.6 cm³/mol. The van der Waals surface area contributed by atoms with Crippen LogP contribution < -0.4 is 15.4 Å². The standard InChI is InChI=1S/C12H21N3O2S/c1-5-15(6-2)12-7-9(3)10(13)8-11(12)14-18(4,16)17/h7-8,14H,5-6,13H2,1-4H3. The van der Waals surface area contributed by atoms with E-state index >= 15 is 0 Å². The van der Waals surface area contributed by atoms with E-state index < -0.39 is 10.0 Å². The smallest absolute Gasteiger partial charge is 0.229 e. The van der Waals surface area contributed by atoms with E-state index in [4.69, 9.17) is 5.73 Å². The van der Waals surface area contributed by atoms with Crippen LogP contribution in [0.2, 0.25) is 0 Å². The fourth-order valence-corrected chi connectivity index (χ4v) is 2.38. The average molecular weight is 271 g/mol. The molecule has 0 saturated heterocycles. The van der Waals surface area contributed by atoms with Crippen LogP contribution in [0.5, 0.6) is 0 Å². The maximum absolute atomic E-state index is 11.4. The van der Waals surface area contributed by atoms with Gasteiger partial charge in [-0.05, 0) is 38.5 Å². The van der Waals surface area contributed by atoms with Crippen LogP contribution in [-0.4, -0.2) is 27.8 Å². The Morgan fingerprint density at radius 1 is 1.28 bits per heavy atom. The largest absolute Gasteiger partial charge is 0.398 e. The van der Waals surface area contributed by atoms with Gasteiger partial charge in [0.1, 0.15) is 0 Å². The normalized spacial score (nSPS) is 11.3. The molecule has 18 heavy (non-hydrogen) atoms. The maximum atomic E-state index is 11.4. The Morgan fingerprint density at radius 2 is 1.83 bits per heavy atom. The zero-order valence-corrected chi connectivity index (χ0v) is 12.1. The van der Waals surface area contributed by atoms with Crippen molar-refractivity contribution >= 4 is 27.1 Å². The zero-order chi connectivity index (χ0) is 13.9. The molecule has 0 aliphatic rings. The second-order valence-electron chi connectivity index (χ2n) is 4.27. The van der Waals surface area contributed by atoms with Gasteiger partial charge in [0.05, 0.1) is 17.6 Å². The summed E-state index contributed by atoms with van der Waals surface area (Å²) < 4.78 is 25.3. The minimum atomic E-state index is -3.31. The summed E-state index contributed by atoms with van der Waals surface area (Å²) in [5, 5.41) is 0. The number of nitrogens with one attached hydrogen (secondary N) is 1. The second-order valence-corrected chi connectivity index (χ2v) is 6.02. The first kappa shape index (κ1) is 14.6. The molecule has 0 spiro atoms. The summed E-state index contributed by atoms with van der Waals surface area (Å²) in [4.78, 5) is 2.08. The fraction of sp³-hybridized carbons (Fsp3) is 0.500. The zero-order valence-electron chi connectivity index (χ0n) is 11.3. The number of nitrogens with two attached hydrogens (primary N) is 1. The Labute approximate surface area is 109 Å². The summed E-state index contributed by atoms with van der Waals surface area (Å²) in [6.07, 6.45) is 1.13. The minimum Gasteiger partial charge on any atom is -0.398 e. The van der Waals surface area contributed by atoms with E-state index in [1.165, 1.54) is 0 Å². The number of sulfonamides is 1. The van der Waals surface area contributed by atoms with Gasteiger partial charge < -0.3 is 10.6 Å². The van der Waals surface area contributed by atoms with E-state index in [9.17, 15) is 8.42 Å². The van der Waals surface area contributed by atoms with Gasteiger partial charge in [0.2, 0.25) is 10.0 Å². The second kappa shape index (κ2) is 5.48. The monoisotopic (exact) mass is 271 g/mol. The highest BCUT2D eigenvalue weighted by Crippen LogP contribution is 2.31. The Hall–Kier alpha value is -1.43. The lowest BCUT2D eigenvalue weighted by Crippen LogP contribution is -2.24. The molecule has 102 valence electrons. The number of nitrogen functional groups attached to an aromatic ring is 1. The number of hydrogen-bond donors (Lipinski definition) is 2. The van der Waals surface area contributed by atoms with Gasteiger partial charge >= 0.3 is 0 Å². The SMILES string of the molecule is CCN(CC)c1cc(C)c(N)cc1NS(C)(=O)=O. The number of nitrogens with zero attached hydrogens (tertiary/aromatic N) is 1. The molecule has 0 amide bonds. The first-order valence-corrected chi connectivity index (χ1v) is 7.80. The van der Waals surface area contributed by atoms with E-state index in [-0.39, 0.29) is 0 Å². The van der Waals surface area contributed by atoms with Crippen LogP contribution in [0.1, 0.15) is 19.4 Å². The number of hydrogen-bond acceptors (Lipinski definition) is 4. The molecule has 1 aromatic carbocycles. The molecule has 5 nitrogen and oxygen atoms in total. The summed E-state index contributed by atoms with van der Waals surface area (Å²) in [6, 6.07) is 3.58. The fourth-order valence-electron chi connectivity index (χ4n) is 1.82. The lowest BCUT2D eigenvalue weighted by Gasteiger charge is -2.25. The molecule has 1 aromatic rings. The summed E-state index contributed by atoms with van der Waals surface area (Å²) in [7, 11) is -3.31. The van der Waals surface area contributed by atoms with Crippen LogP contribution in [0.3, 0.4) is 0 Å². The summed E-state index contributed by atoms with van der Waals surface area (Å²) >= 11 is 0. The van der Waals surface area contributed by atoms with Gasteiger partial charge in [0.25, 0.3) is 0 Å². The van der Waals surface area contributed by atoms with Crippen molar-refractivity contribution in [3.05, 3.63) is 17.7 Å². The van der Waals surface area contributed by atoms with Crippen molar-refractivity contribution in [2.45, 2.75) is 20.8 Å². The van der Waals surface area contributed by atoms with Gasteiger partial charge in [-0.15, -0.1) is 0 Å². The third-order valence-corrected chi connectivity index (χ3v) is 3.37. The quantitative estimate of drug-likeness (QED) is 0.801. The average Bonchev–Trinajstić information content (AvgIpc) is 2.24. The van der Waals surface area contributed by atoms with Gasteiger partial charge in [0.15, 0.2) is 0 Å². The van der Waals surface area contributed by atoms with E-state index in [1.54, 1.807) is 6.07 Å². The molecular formula is C12H21N3O2S. The highest BCUT2D eigenvalue weighted by molar-refractivity contribution is 7.92. The molecule has 0 fully saturated rings. The third-order valence-electron chi connectivity index (χ3n) is 2.78. The van der Waals surface area contributed by atoms with Crippen LogP contribution in [-0.2, 0) is 10.0 Å². The van der Waals surface area contributed by atoms with E-state index in [0.717, 1.165) is 30.6 Å². The van der Waals surface area contributed by atoms with Gasteiger partial charge in [-0.1, -0.05) is 0 Å². The van der Waals surface area contributed by atoms with Crippen molar-refractivity contribution < 1.29 is 8.42 Å². The van der Waals surface area contributed by atoms with E-state index in [0.29, 0.717) is 11.4 Å². The Bertz CT molecular complexity index is 522. The molecule has 0 aliphatic carbocycles. The summed E-state index contributed by atoms with van der Waals surface area (Å²) in [6.45, 7) is 7.57. The van der Waals surface area contributed by atoms with Gasteiger partial charge in [-0.2, -0.15) is 0 Å². The summed E-state index contributed by atoms with van der Waals surface area (Å²) in [5.74, 6) is 0. The van der Waals surface area contributed by atoms with E-state index in [2.05, 4.69) is 9.62 Å². The minimum absolute atomic E-state index is 0.532. The van der Waals surface area contributed by atoms with Crippen LogP contribution in [0.25, 0.3) is 0 Å². The van der Waals surface area contributed by atoms with Crippen LogP contribution >= 0.6 is 0 Å². The van der Waals surface area contributed by atoms with Gasteiger partial charge in [-0.3, -0.25) is 4.72 Å². The van der Waals surface area contributed by atoms with Gasteiger partial charge in [0, 0.05) is 18.8 Å². The van der Waals surface area contributed by atoms with Crippen molar-refractivity contribution in [1.29, 1.82) is 0 Å². The summed E-state index contributed by atoms with van der Waals surface area (Å²) in [5.41, 5.74) is 8.75. The van der Waals surface area contributed by atoms with Gasteiger partial charge in [-0.25, -0.2) is 8.42 Å². The molecule has 6 heteroatoms. The highest BCUT2D eigenvalue weighted by Gasteiger charge is 2.13. The van der Waals surface area contributed by atoms with Crippen molar-refractivity contribution in [3.8, 4) is 0 Å². The number of anilines is 3. The molecule has 0 unspecified atom stereocenters. The molecule has 0 radical (unpaired) electrons. The molecule has 3 N–H and O–H groups in total. The van der Waals surface area contributed by atoms with Crippen LogP contribution in [0.15, 0.2) is 12.1 Å². The highest BCUT2D eigenvalue weighted by atomic mass is 32.2. The molecular weight excluding hydrogens is 250 g/mol. The predicted octanol–water partition coefficient (Wildman–Crippen LogP) is 1.79. The Balaban J connectivity index is 3.33. The Kier molecular flexibility index (Phi) is 4.45. The molecule has 0 heterocycles. The van der Waals surface area contributed by atoms with Crippen LogP contribution in [0.4, 0.5) is 17.1 Å². The molecule has 0 aliphatic heterocycles. The molecule has 0 bridgehead atoms. The lowest BCUT2D eigenvalue weighted by molar-refractivity contribution is 0.607.